The summed E-state index contributed by atoms with van der Waals surface area (Å²) in [6.45, 7) is 0. The van der Waals surface area contributed by atoms with Gasteiger partial charge in [-0.3, -0.25) is 0 Å². The lowest BCUT2D eigenvalue weighted by atomic mass is 10.0. The van der Waals surface area contributed by atoms with Gasteiger partial charge in [-0.2, -0.15) is 0 Å². The molecule has 0 fully saturated rings. The molecule has 45 heavy (non-hydrogen) atoms. The summed E-state index contributed by atoms with van der Waals surface area (Å²) in [5.41, 5.74) is 9.61. The molecule has 4 aromatic heterocycles. The van der Waals surface area contributed by atoms with Gasteiger partial charge in [0.25, 0.3) is 0 Å². The Kier molecular flexibility index (Phi) is 5.16. The van der Waals surface area contributed by atoms with Gasteiger partial charge >= 0.3 is 0 Å². The Balaban J connectivity index is 1.46. The number of fused-ring (bicyclic) bond motifs is 12. The number of nitrogens with zero attached hydrogens (tertiary/aromatic N) is 3. The largest absolute Gasteiger partial charge is 0.308 e. The van der Waals surface area contributed by atoms with Crippen molar-refractivity contribution in [3.63, 3.8) is 0 Å². The van der Waals surface area contributed by atoms with Crippen LogP contribution in [0.25, 0.3) is 86.4 Å². The SMILES string of the molecule is c1ccc(-c2ccc(-n3c4ccccc4c4c5c(c6ccccc6n5-c5ccccc5)c5sc6ncccc6c5c43)cc2)cc1. The van der Waals surface area contributed by atoms with E-state index in [0.717, 1.165) is 16.2 Å². The number of hydrogen-bond donors (Lipinski definition) is 0. The summed E-state index contributed by atoms with van der Waals surface area (Å²) in [5.74, 6) is 0. The summed E-state index contributed by atoms with van der Waals surface area (Å²) in [5, 5.41) is 7.54. The number of para-hydroxylation sites is 3. The van der Waals surface area contributed by atoms with Crippen LogP contribution in [0.3, 0.4) is 0 Å². The summed E-state index contributed by atoms with van der Waals surface area (Å²) in [6.07, 6.45) is 1.91. The third-order valence-corrected chi connectivity index (χ3v) is 10.3. The minimum atomic E-state index is 1.06. The van der Waals surface area contributed by atoms with E-state index in [4.69, 9.17) is 4.98 Å². The van der Waals surface area contributed by atoms with Crippen LogP contribution in [0.5, 0.6) is 0 Å². The average Bonchev–Trinajstić information content (AvgIpc) is 3.77. The van der Waals surface area contributed by atoms with E-state index < -0.39 is 0 Å². The van der Waals surface area contributed by atoms with Crippen LogP contribution in [-0.2, 0) is 0 Å². The molecule has 6 aromatic carbocycles. The maximum absolute atomic E-state index is 4.88. The highest BCUT2D eigenvalue weighted by Crippen LogP contribution is 2.50. The van der Waals surface area contributed by atoms with Crippen molar-refractivity contribution in [1.29, 1.82) is 0 Å². The fourth-order valence-corrected chi connectivity index (χ4v) is 8.52. The number of hydrogen-bond acceptors (Lipinski definition) is 2. The smallest absolute Gasteiger partial charge is 0.124 e. The zero-order valence-corrected chi connectivity index (χ0v) is 25.0. The van der Waals surface area contributed by atoms with Gasteiger partial charge in [0.05, 0.1) is 22.1 Å². The van der Waals surface area contributed by atoms with Crippen molar-refractivity contribution in [3.05, 3.63) is 152 Å². The van der Waals surface area contributed by atoms with Crippen molar-refractivity contribution >= 4 is 75.3 Å². The predicted molar refractivity (Wildman–Crippen MR) is 191 cm³/mol. The van der Waals surface area contributed by atoms with Gasteiger partial charge in [-0.25, -0.2) is 4.98 Å². The second-order valence-electron chi connectivity index (χ2n) is 11.6. The second kappa shape index (κ2) is 9.39. The molecule has 0 amide bonds. The molecule has 4 heteroatoms. The van der Waals surface area contributed by atoms with E-state index in [2.05, 4.69) is 155 Å². The molecule has 0 saturated heterocycles. The quantitative estimate of drug-likeness (QED) is 0.200. The maximum Gasteiger partial charge on any atom is 0.124 e. The molecular weight excluding hydrogens is 567 g/mol. The minimum absolute atomic E-state index is 1.06. The van der Waals surface area contributed by atoms with Crippen LogP contribution in [0.2, 0.25) is 0 Å². The van der Waals surface area contributed by atoms with Gasteiger partial charge in [0.2, 0.25) is 0 Å². The highest BCUT2D eigenvalue weighted by atomic mass is 32.1. The van der Waals surface area contributed by atoms with Crippen molar-refractivity contribution in [2.75, 3.05) is 0 Å². The average molecular weight is 592 g/mol. The van der Waals surface area contributed by atoms with E-state index in [9.17, 15) is 0 Å². The highest BCUT2D eigenvalue weighted by molar-refractivity contribution is 7.26. The van der Waals surface area contributed by atoms with Gasteiger partial charge in [0.1, 0.15) is 4.83 Å². The van der Waals surface area contributed by atoms with Crippen molar-refractivity contribution < 1.29 is 0 Å². The number of thiophene rings is 1. The lowest BCUT2D eigenvalue weighted by Crippen LogP contribution is -1.96. The summed E-state index contributed by atoms with van der Waals surface area (Å²) in [6, 6.07) is 52.5. The van der Waals surface area contributed by atoms with Gasteiger partial charge in [0.15, 0.2) is 0 Å². The van der Waals surface area contributed by atoms with E-state index in [1.807, 2.05) is 6.20 Å². The standard InChI is InChI=1S/C41H25N3S/c1-3-12-26(13-4-1)27-21-23-29(24-22-27)44-33-19-9-7-16-30(33)35-38-36(40-37(39(35)44)32-18-11-25-42-41(32)45-40)31-17-8-10-20-34(31)43(38)28-14-5-2-6-15-28/h1-25H. The first-order valence-corrected chi connectivity index (χ1v) is 16.1. The molecule has 0 aliphatic heterocycles. The van der Waals surface area contributed by atoms with Crippen LogP contribution < -0.4 is 0 Å². The van der Waals surface area contributed by atoms with E-state index in [-0.39, 0.29) is 0 Å². The van der Waals surface area contributed by atoms with E-state index in [1.165, 1.54) is 70.2 Å². The summed E-state index contributed by atoms with van der Waals surface area (Å²) in [4.78, 5) is 5.95. The number of aromatic nitrogens is 3. The molecule has 10 rings (SSSR count). The van der Waals surface area contributed by atoms with Crippen LogP contribution in [0.4, 0.5) is 0 Å². The molecule has 0 spiro atoms. The summed E-state index contributed by atoms with van der Waals surface area (Å²) < 4.78 is 6.23. The second-order valence-corrected chi connectivity index (χ2v) is 12.6. The Labute approximate surface area is 262 Å². The van der Waals surface area contributed by atoms with E-state index in [1.54, 1.807) is 11.3 Å². The Morgan fingerprint density at radius 1 is 0.422 bits per heavy atom. The Hall–Kier alpha value is -5.71. The molecule has 0 aliphatic rings. The normalized spacial score (nSPS) is 12.0. The number of pyridine rings is 1. The van der Waals surface area contributed by atoms with Gasteiger partial charge < -0.3 is 9.13 Å². The molecule has 0 radical (unpaired) electrons. The molecule has 0 saturated carbocycles. The molecule has 0 atom stereocenters. The first-order valence-electron chi connectivity index (χ1n) is 15.2. The Morgan fingerprint density at radius 2 is 0.933 bits per heavy atom. The molecule has 0 N–H and O–H groups in total. The lowest BCUT2D eigenvalue weighted by molar-refractivity contribution is 1.18. The predicted octanol–water partition coefficient (Wildman–Crippen LogP) is 11.3. The molecule has 0 bridgehead atoms. The van der Waals surface area contributed by atoms with Crippen LogP contribution in [0.1, 0.15) is 0 Å². The van der Waals surface area contributed by atoms with Crippen LogP contribution in [0, 0.1) is 0 Å². The molecule has 4 heterocycles. The van der Waals surface area contributed by atoms with Crippen molar-refractivity contribution in [3.8, 4) is 22.5 Å². The van der Waals surface area contributed by atoms with Gasteiger partial charge in [-0.05, 0) is 59.7 Å². The van der Waals surface area contributed by atoms with E-state index >= 15 is 0 Å². The van der Waals surface area contributed by atoms with Crippen LogP contribution in [-0.4, -0.2) is 14.1 Å². The van der Waals surface area contributed by atoms with E-state index in [0.29, 0.717) is 0 Å². The Morgan fingerprint density at radius 3 is 1.62 bits per heavy atom. The van der Waals surface area contributed by atoms with Crippen molar-refractivity contribution in [2.45, 2.75) is 0 Å². The van der Waals surface area contributed by atoms with Crippen LogP contribution >= 0.6 is 11.3 Å². The zero-order valence-electron chi connectivity index (χ0n) is 24.2. The first kappa shape index (κ1) is 24.7. The lowest BCUT2D eigenvalue weighted by Gasteiger charge is -2.12. The Bertz CT molecular complexity index is 2730. The zero-order chi connectivity index (χ0) is 29.5. The molecule has 210 valence electrons. The third kappa shape index (κ3) is 3.43. The van der Waals surface area contributed by atoms with Gasteiger partial charge in [-0.15, -0.1) is 11.3 Å². The van der Waals surface area contributed by atoms with Gasteiger partial charge in [-0.1, -0.05) is 97.1 Å². The number of rotatable bonds is 3. The molecule has 10 aromatic rings. The molecular formula is C41H25N3S. The summed E-state index contributed by atoms with van der Waals surface area (Å²) in [7, 11) is 0. The molecule has 0 unspecified atom stereocenters. The molecule has 0 aliphatic carbocycles. The fourth-order valence-electron chi connectivity index (χ4n) is 7.31. The monoisotopic (exact) mass is 591 g/mol. The third-order valence-electron chi connectivity index (χ3n) is 9.16. The maximum atomic E-state index is 4.88. The fraction of sp³-hybridized carbons (Fsp3) is 0. The number of benzene rings is 6. The highest BCUT2D eigenvalue weighted by Gasteiger charge is 2.26. The van der Waals surface area contributed by atoms with Crippen LogP contribution in [0.15, 0.2) is 152 Å². The van der Waals surface area contributed by atoms with Crippen molar-refractivity contribution in [1.82, 2.24) is 14.1 Å². The summed E-state index contributed by atoms with van der Waals surface area (Å²) >= 11 is 1.81. The molecule has 3 nitrogen and oxygen atoms in total. The topological polar surface area (TPSA) is 22.8 Å². The van der Waals surface area contributed by atoms with Gasteiger partial charge in [0, 0.05) is 54.6 Å². The first-order chi connectivity index (χ1) is 22.4. The minimum Gasteiger partial charge on any atom is -0.308 e. The van der Waals surface area contributed by atoms with Crippen molar-refractivity contribution in [2.24, 2.45) is 0 Å².